The number of amides is 1. The lowest BCUT2D eigenvalue weighted by molar-refractivity contribution is -0.142. The largest absolute Gasteiger partial charge is 0.480 e. The molecule has 0 aliphatic carbocycles. The van der Waals surface area contributed by atoms with E-state index in [0.29, 0.717) is 25.0 Å². The Bertz CT molecular complexity index is 453. The van der Waals surface area contributed by atoms with Crippen molar-refractivity contribution in [3.05, 3.63) is 35.9 Å². The van der Waals surface area contributed by atoms with Crippen LogP contribution in [0.15, 0.2) is 30.3 Å². The standard InChI is InChI=1S/C15H22N2O3S/c1-21-10-9-13(15(19)20)17-14(18)12(16)8-7-11-5-3-2-4-6-11/h2-6,12-13H,7-10,16H2,1H3,(H,17,18)(H,19,20)/t12-,13-/m0/s1. The van der Waals surface area contributed by atoms with Gasteiger partial charge in [-0.1, -0.05) is 30.3 Å². The first-order chi connectivity index (χ1) is 10.0. The summed E-state index contributed by atoms with van der Waals surface area (Å²) < 4.78 is 0. The Balaban J connectivity index is 2.43. The van der Waals surface area contributed by atoms with Gasteiger partial charge in [-0.3, -0.25) is 4.79 Å². The SMILES string of the molecule is CSCC[C@H](NC(=O)[C@@H](N)CCc1ccccc1)C(=O)O. The van der Waals surface area contributed by atoms with E-state index in [4.69, 9.17) is 10.8 Å². The molecule has 0 saturated carbocycles. The third-order valence-electron chi connectivity index (χ3n) is 3.15. The fourth-order valence-electron chi connectivity index (χ4n) is 1.87. The summed E-state index contributed by atoms with van der Waals surface area (Å²) in [5, 5.41) is 11.6. The van der Waals surface area contributed by atoms with E-state index in [1.54, 1.807) is 11.8 Å². The second-order valence-corrected chi connectivity index (χ2v) is 5.80. The summed E-state index contributed by atoms with van der Waals surface area (Å²) in [6.45, 7) is 0. The number of nitrogens with one attached hydrogen (secondary N) is 1. The number of hydrogen-bond donors (Lipinski definition) is 3. The molecule has 5 nitrogen and oxygen atoms in total. The maximum absolute atomic E-state index is 11.9. The highest BCUT2D eigenvalue weighted by Crippen LogP contribution is 2.05. The van der Waals surface area contributed by atoms with Gasteiger partial charge in [-0.05, 0) is 36.8 Å². The van der Waals surface area contributed by atoms with Crippen molar-refractivity contribution in [2.24, 2.45) is 5.73 Å². The molecule has 1 aromatic rings. The van der Waals surface area contributed by atoms with Crippen LogP contribution in [0.2, 0.25) is 0 Å². The zero-order valence-electron chi connectivity index (χ0n) is 12.1. The van der Waals surface area contributed by atoms with Gasteiger partial charge in [0.05, 0.1) is 6.04 Å². The summed E-state index contributed by atoms with van der Waals surface area (Å²) in [5.74, 6) is -0.747. The molecule has 6 heteroatoms. The highest BCUT2D eigenvalue weighted by atomic mass is 32.2. The molecule has 1 rings (SSSR count). The molecule has 116 valence electrons. The molecule has 4 N–H and O–H groups in total. The van der Waals surface area contributed by atoms with E-state index in [-0.39, 0.29) is 0 Å². The monoisotopic (exact) mass is 310 g/mol. The number of thioether (sulfide) groups is 1. The van der Waals surface area contributed by atoms with E-state index in [9.17, 15) is 9.59 Å². The lowest BCUT2D eigenvalue weighted by atomic mass is 10.0. The minimum absolute atomic E-state index is 0.396. The number of nitrogens with two attached hydrogens (primary N) is 1. The van der Waals surface area contributed by atoms with Crippen molar-refractivity contribution in [1.29, 1.82) is 0 Å². The molecule has 0 unspecified atom stereocenters. The fraction of sp³-hybridized carbons (Fsp3) is 0.467. The predicted octanol–water partition coefficient (Wildman–Crippen LogP) is 1.27. The molecule has 0 spiro atoms. The Morgan fingerprint density at radius 3 is 2.52 bits per heavy atom. The first-order valence-electron chi connectivity index (χ1n) is 6.86. The van der Waals surface area contributed by atoms with Crippen LogP contribution in [-0.2, 0) is 16.0 Å². The summed E-state index contributed by atoms with van der Waals surface area (Å²) in [6.07, 6.45) is 3.47. The number of carboxylic acid groups (broad SMARTS) is 1. The topological polar surface area (TPSA) is 92.4 Å². The van der Waals surface area contributed by atoms with Crippen molar-refractivity contribution >= 4 is 23.6 Å². The van der Waals surface area contributed by atoms with Crippen molar-refractivity contribution in [3.8, 4) is 0 Å². The summed E-state index contributed by atoms with van der Waals surface area (Å²) in [6, 6.07) is 8.19. The van der Waals surface area contributed by atoms with E-state index in [1.165, 1.54) is 0 Å². The van der Waals surface area contributed by atoms with Crippen LogP contribution in [-0.4, -0.2) is 41.1 Å². The fourth-order valence-corrected chi connectivity index (χ4v) is 2.34. The summed E-state index contributed by atoms with van der Waals surface area (Å²) in [5.41, 5.74) is 6.94. The van der Waals surface area contributed by atoms with Crippen LogP contribution in [0.1, 0.15) is 18.4 Å². The number of benzene rings is 1. The molecule has 0 aliphatic heterocycles. The number of hydrogen-bond acceptors (Lipinski definition) is 4. The van der Waals surface area contributed by atoms with Crippen LogP contribution >= 0.6 is 11.8 Å². The molecule has 0 heterocycles. The van der Waals surface area contributed by atoms with Crippen LogP contribution in [0, 0.1) is 0 Å². The van der Waals surface area contributed by atoms with Crippen molar-refractivity contribution in [2.75, 3.05) is 12.0 Å². The molecular formula is C15H22N2O3S. The molecule has 2 atom stereocenters. The van der Waals surface area contributed by atoms with E-state index >= 15 is 0 Å². The maximum atomic E-state index is 11.9. The van der Waals surface area contributed by atoms with Gasteiger partial charge in [0.1, 0.15) is 6.04 Å². The van der Waals surface area contributed by atoms with Gasteiger partial charge in [0.15, 0.2) is 0 Å². The Kier molecular flexibility index (Phi) is 7.85. The third kappa shape index (κ3) is 6.64. The predicted molar refractivity (Wildman–Crippen MR) is 85.3 cm³/mol. The van der Waals surface area contributed by atoms with Crippen LogP contribution in [0.4, 0.5) is 0 Å². The number of rotatable bonds is 9. The summed E-state index contributed by atoms with van der Waals surface area (Å²) in [7, 11) is 0. The highest BCUT2D eigenvalue weighted by molar-refractivity contribution is 7.98. The number of carbonyl (C=O) groups excluding carboxylic acids is 1. The normalized spacial score (nSPS) is 13.4. The summed E-state index contributed by atoms with van der Waals surface area (Å²) in [4.78, 5) is 23.0. The molecule has 1 amide bonds. The second-order valence-electron chi connectivity index (χ2n) is 4.81. The zero-order valence-corrected chi connectivity index (χ0v) is 12.9. The van der Waals surface area contributed by atoms with Crippen LogP contribution < -0.4 is 11.1 Å². The molecule has 0 radical (unpaired) electrons. The Morgan fingerprint density at radius 2 is 1.95 bits per heavy atom. The molecule has 0 bridgehead atoms. The van der Waals surface area contributed by atoms with E-state index < -0.39 is 24.0 Å². The Labute approximate surface area is 129 Å². The number of aliphatic carboxylic acids is 1. The molecule has 0 saturated heterocycles. The number of carbonyl (C=O) groups is 2. The van der Waals surface area contributed by atoms with E-state index in [0.717, 1.165) is 5.56 Å². The van der Waals surface area contributed by atoms with Gasteiger partial charge in [0.2, 0.25) is 5.91 Å². The van der Waals surface area contributed by atoms with Gasteiger partial charge in [-0.25, -0.2) is 4.79 Å². The third-order valence-corrected chi connectivity index (χ3v) is 3.79. The van der Waals surface area contributed by atoms with Gasteiger partial charge in [0.25, 0.3) is 0 Å². The average molecular weight is 310 g/mol. The van der Waals surface area contributed by atoms with Gasteiger partial charge >= 0.3 is 5.97 Å². The maximum Gasteiger partial charge on any atom is 0.326 e. The number of aryl methyl sites for hydroxylation is 1. The van der Waals surface area contributed by atoms with Gasteiger partial charge in [-0.15, -0.1) is 0 Å². The smallest absolute Gasteiger partial charge is 0.326 e. The minimum atomic E-state index is -1.02. The van der Waals surface area contributed by atoms with Crippen LogP contribution in [0.5, 0.6) is 0 Å². The van der Waals surface area contributed by atoms with Gasteiger partial charge < -0.3 is 16.2 Å². The van der Waals surface area contributed by atoms with Gasteiger partial charge in [0, 0.05) is 0 Å². The lowest BCUT2D eigenvalue weighted by Crippen LogP contribution is -2.48. The van der Waals surface area contributed by atoms with Crippen molar-refractivity contribution in [1.82, 2.24) is 5.32 Å². The van der Waals surface area contributed by atoms with E-state index in [1.807, 2.05) is 36.6 Å². The quantitative estimate of drug-likeness (QED) is 0.639. The van der Waals surface area contributed by atoms with Gasteiger partial charge in [-0.2, -0.15) is 11.8 Å². The molecule has 1 aromatic carbocycles. The molecule has 21 heavy (non-hydrogen) atoms. The highest BCUT2D eigenvalue weighted by Gasteiger charge is 2.22. The first kappa shape index (κ1) is 17.5. The average Bonchev–Trinajstić information content (AvgIpc) is 2.49. The van der Waals surface area contributed by atoms with Crippen molar-refractivity contribution in [3.63, 3.8) is 0 Å². The molecule has 0 aliphatic rings. The Morgan fingerprint density at radius 1 is 1.29 bits per heavy atom. The minimum Gasteiger partial charge on any atom is -0.480 e. The van der Waals surface area contributed by atoms with Crippen molar-refractivity contribution < 1.29 is 14.7 Å². The van der Waals surface area contributed by atoms with Crippen LogP contribution in [0.25, 0.3) is 0 Å². The number of carboxylic acids is 1. The Hall–Kier alpha value is -1.53. The van der Waals surface area contributed by atoms with E-state index in [2.05, 4.69) is 5.32 Å². The second kappa shape index (κ2) is 9.41. The zero-order chi connectivity index (χ0) is 15.7. The molecular weight excluding hydrogens is 288 g/mol. The summed E-state index contributed by atoms with van der Waals surface area (Å²) >= 11 is 1.54. The first-order valence-corrected chi connectivity index (χ1v) is 8.25. The molecule has 0 aromatic heterocycles. The lowest BCUT2D eigenvalue weighted by Gasteiger charge is -2.17. The molecule has 0 fully saturated rings. The van der Waals surface area contributed by atoms with Crippen LogP contribution in [0.3, 0.4) is 0 Å². The van der Waals surface area contributed by atoms with Crippen molar-refractivity contribution in [2.45, 2.75) is 31.3 Å².